The summed E-state index contributed by atoms with van der Waals surface area (Å²) in [5.41, 5.74) is 3.59. The molecule has 0 saturated carbocycles. The molecule has 0 aliphatic carbocycles. The number of rotatable bonds is 3. The molecular weight excluding hydrogens is 336 g/mol. The molecule has 0 bridgehead atoms. The lowest BCUT2D eigenvalue weighted by Gasteiger charge is -2.11. The van der Waals surface area contributed by atoms with Crippen LogP contribution in [0.1, 0.15) is 29.5 Å². The molecule has 26 heavy (non-hydrogen) atoms. The summed E-state index contributed by atoms with van der Waals surface area (Å²) in [6.07, 6.45) is 2.13. The topological polar surface area (TPSA) is 0 Å². The van der Waals surface area contributed by atoms with E-state index in [1.54, 1.807) is 0 Å². The normalized spacial score (nSPS) is 13.3. The van der Waals surface area contributed by atoms with Gasteiger partial charge in [-0.1, -0.05) is 109 Å². The van der Waals surface area contributed by atoms with Crippen LogP contribution >= 0.6 is 11.6 Å². The number of allylic oxidation sites excluding steroid dienone is 1. The Balaban J connectivity index is 1.70. The lowest BCUT2D eigenvalue weighted by atomic mass is 9.94. The van der Waals surface area contributed by atoms with Gasteiger partial charge in [0.2, 0.25) is 0 Å². The molecule has 0 amide bonds. The minimum absolute atomic E-state index is 0.250. The van der Waals surface area contributed by atoms with Crippen LogP contribution in [0.15, 0.2) is 84.9 Å². The molecule has 0 aliphatic rings. The Hall–Kier alpha value is -2.57. The summed E-state index contributed by atoms with van der Waals surface area (Å²) in [5, 5.41) is 5.96. The molecule has 1 heteroatoms. The van der Waals surface area contributed by atoms with Crippen LogP contribution in [0.2, 0.25) is 0 Å². The average molecular weight is 357 g/mol. The monoisotopic (exact) mass is 356 g/mol. The first-order chi connectivity index (χ1) is 12.6. The molecule has 4 rings (SSSR count). The molecule has 0 saturated heterocycles. The molecule has 0 aromatic heterocycles. The fourth-order valence-electron chi connectivity index (χ4n) is 3.44. The predicted molar refractivity (Wildman–Crippen MR) is 115 cm³/mol. The first-order valence-electron chi connectivity index (χ1n) is 8.97. The third kappa shape index (κ3) is 3.25. The number of aryl methyl sites for hydroxylation is 1. The molecule has 1 atom stereocenters. The van der Waals surface area contributed by atoms with Crippen molar-refractivity contribution in [2.24, 2.45) is 0 Å². The Labute approximate surface area is 159 Å². The first-order valence-corrected chi connectivity index (χ1v) is 9.35. The van der Waals surface area contributed by atoms with Crippen molar-refractivity contribution in [1.82, 2.24) is 0 Å². The second kappa shape index (κ2) is 6.97. The van der Waals surface area contributed by atoms with Crippen molar-refractivity contribution in [3.63, 3.8) is 0 Å². The van der Waals surface area contributed by atoms with Crippen LogP contribution in [0.4, 0.5) is 0 Å². The molecular formula is C25H21Cl. The van der Waals surface area contributed by atoms with E-state index in [0.29, 0.717) is 0 Å². The van der Waals surface area contributed by atoms with E-state index in [1.165, 1.54) is 32.7 Å². The average Bonchev–Trinajstić information content (AvgIpc) is 2.67. The summed E-state index contributed by atoms with van der Waals surface area (Å²) in [7, 11) is 0. The van der Waals surface area contributed by atoms with Gasteiger partial charge >= 0.3 is 0 Å². The summed E-state index contributed by atoms with van der Waals surface area (Å²) in [4.78, 5) is 0. The van der Waals surface area contributed by atoms with E-state index in [-0.39, 0.29) is 5.92 Å². The van der Waals surface area contributed by atoms with Gasteiger partial charge in [0, 0.05) is 11.0 Å². The third-order valence-corrected chi connectivity index (χ3v) is 5.36. The van der Waals surface area contributed by atoms with Crippen LogP contribution in [0, 0.1) is 6.92 Å². The summed E-state index contributed by atoms with van der Waals surface area (Å²) in [5.74, 6) is 0.250. The molecule has 0 radical (unpaired) electrons. The van der Waals surface area contributed by atoms with Gasteiger partial charge in [-0.2, -0.15) is 0 Å². The molecule has 4 aromatic carbocycles. The second-order valence-corrected chi connectivity index (χ2v) is 7.34. The van der Waals surface area contributed by atoms with Crippen molar-refractivity contribution in [2.45, 2.75) is 19.8 Å². The van der Waals surface area contributed by atoms with E-state index < -0.39 is 0 Å². The van der Waals surface area contributed by atoms with Crippen molar-refractivity contribution in [2.75, 3.05) is 0 Å². The van der Waals surface area contributed by atoms with Gasteiger partial charge in [-0.05, 0) is 39.6 Å². The summed E-state index contributed by atoms with van der Waals surface area (Å²) in [6, 6.07) is 28.0. The quantitative estimate of drug-likeness (QED) is 0.330. The maximum atomic E-state index is 6.56. The lowest BCUT2D eigenvalue weighted by Crippen LogP contribution is -1.91. The third-order valence-electron chi connectivity index (χ3n) is 5.02. The maximum absolute atomic E-state index is 6.56. The molecule has 0 fully saturated rings. The minimum Gasteiger partial charge on any atom is -0.0840 e. The molecule has 128 valence electrons. The second-order valence-electron chi connectivity index (χ2n) is 6.94. The highest BCUT2D eigenvalue weighted by Crippen LogP contribution is 2.30. The zero-order chi connectivity index (χ0) is 18.1. The van der Waals surface area contributed by atoms with Crippen molar-refractivity contribution < 1.29 is 0 Å². The number of hydrogen-bond acceptors (Lipinski definition) is 0. The zero-order valence-corrected chi connectivity index (χ0v) is 15.8. The van der Waals surface area contributed by atoms with Crippen molar-refractivity contribution in [3.05, 3.63) is 102 Å². The Morgan fingerprint density at radius 1 is 0.808 bits per heavy atom. The van der Waals surface area contributed by atoms with Crippen LogP contribution in [0.3, 0.4) is 0 Å². The van der Waals surface area contributed by atoms with Gasteiger partial charge in [-0.3, -0.25) is 0 Å². The maximum Gasteiger partial charge on any atom is 0.0444 e. The van der Waals surface area contributed by atoms with Crippen molar-refractivity contribution >= 4 is 38.2 Å². The lowest BCUT2D eigenvalue weighted by molar-refractivity contribution is 0.975. The molecule has 0 spiro atoms. The van der Waals surface area contributed by atoms with E-state index in [0.717, 1.165) is 10.6 Å². The summed E-state index contributed by atoms with van der Waals surface area (Å²) in [6.45, 7) is 4.28. The predicted octanol–water partition coefficient (Wildman–Crippen LogP) is 7.68. The highest BCUT2D eigenvalue weighted by molar-refractivity contribution is 6.48. The van der Waals surface area contributed by atoms with Crippen LogP contribution < -0.4 is 0 Å². The Morgan fingerprint density at radius 2 is 1.50 bits per heavy atom. The van der Waals surface area contributed by atoms with E-state index >= 15 is 0 Å². The Bertz CT molecular complexity index is 1100. The van der Waals surface area contributed by atoms with Gasteiger partial charge in [-0.15, -0.1) is 0 Å². The van der Waals surface area contributed by atoms with Gasteiger partial charge in [0.25, 0.3) is 0 Å². The van der Waals surface area contributed by atoms with Crippen molar-refractivity contribution in [3.8, 4) is 0 Å². The minimum atomic E-state index is 0.250. The van der Waals surface area contributed by atoms with E-state index in [9.17, 15) is 0 Å². The van der Waals surface area contributed by atoms with Gasteiger partial charge in [-0.25, -0.2) is 0 Å². The molecule has 4 aromatic rings. The fraction of sp³-hybridized carbons (Fsp3) is 0.120. The largest absolute Gasteiger partial charge is 0.0840 e. The molecule has 0 aliphatic heterocycles. The molecule has 0 N–H and O–H groups in total. The smallest absolute Gasteiger partial charge is 0.0444 e. The van der Waals surface area contributed by atoms with Crippen LogP contribution in [0.5, 0.6) is 0 Å². The van der Waals surface area contributed by atoms with Gasteiger partial charge in [0.05, 0.1) is 0 Å². The summed E-state index contributed by atoms with van der Waals surface area (Å²) < 4.78 is 0. The number of fused-ring (bicyclic) bond motifs is 3. The summed E-state index contributed by atoms with van der Waals surface area (Å²) >= 11 is 6.56. The standard InChI is InChI=1S/C25H21Cl/c1-17-7-9-20(10-8-17)25(26)15-18(2)21-13-14-24-22(16-21)12-11-19-5-3-4-6-23(19)24/h3-16,18H,1-2H3/b25-15-. The highest BCUT2D eigenvalue weighted by atomic mass is 35.5. The fourth-order valence-corrected chi connectivity index (χ4v) is 3.75. The number of hydrogen-bond donors (Lipinski definition) is 0. The van der Waals surface area contributed by atoms with Crippen LogP contribution in [-0.4, -0.2) is 0 Å². The van der Waals surface area contributed by atoms with E-state index in [1.807, 2.05) is 0 Å². The molecule has 0 nitrogen and oxygen atoms in total. The van der Waals surface area contributed by atoms with Gasteiger partial charge in [0.1, 0.15) is 0 Å². The first kappa shape index (κ1) is 16.9. The highest BCUT2D eigenvalue weighted by Gasteiger charge is 2.08. The van der Waals surface area contributed by atoms with Crippen LogP contribution in [0.25, 0.3) is 26.6 Å². The Kier molecular flexibility index (Phi) is 4.53. The Morgan fingerprint density at radius 3 is 2.31 bits per heavy atom. The molecule has 1 unspecified atom stereocenters. The van der Waals surface area contributed by atoms with E-state index in [4.69, 9.17) is 11.6 Å². The number of benzene rings is 4. The van der Waals surface area contributed by atoms with Gasteiger partial charge < -0.3 is 0 Å². The van der Waals surface area contributed by atoms with Gasteiger partial charge in [0.15, 0.2) is 0 Å². The number of halogens is 1. The van der Waals surface area contributed by atoms with Crippen LogP contribution in [-0.2, 0) is 0 Å². The SMILES string of the molecule is Cc1ccc(/C(Cl)=C/C(C)c2ccc3c(ccc4ccccc43)c2)cc1. The zero-order valence-electron chi connectivity index (χ0n) is 15.0. The van der Waals surface area contributed by atoms with E-state index in [2.05, 4.69) is 98.8 Å². The molecule has 0 heterocycles. The van der Waals surface area contributed by atoms with Crippen molar-refractivity contribution in [1.29, 1.82) is 0 Å².